The minimum absolute atomic E-state index is 0.345. The monoisotopic (exact) mass is 278 g/mol. The van der Waals surface area contributed by atoms with E-state index in [0.717, 1.165) is 12.4 Å². The lowest BCUT2D eigenvalue weighted by Gasteiger charge is -2.05. The van der Waals surface area contributed by atoms with Gasteiger partial charge in [-0.3, -0.25) is 0 Å². The maximum atomic E-state index is 5.51. The van der Waals surface area contributed by atoms with E-state index in [2.05, 4.69) is 12.6 Å². The van der Waals surface area contributed by atoms with Crippen LogP contribution >= 0.6 is 18.9 Å². The lowest BCUT2D eigenvalue weighted by atomic mass is 10.4. The topological polar surface area (TPSA) is 21.8 Å². The molecule has 1 fully saturated rings. The molecule has 0 N–H and O–H groups in total. The number of allylic oxidation sites excluding steroid dienone is 2. The van der Waals surface area contributed by atoms with Gasteiger partial charge >= 0.3 is 0 Å². The number of hydrogen-bond acceptors (Lipinski definition) is 2. The van der Waals surface area contributed by atoms with E-state index < -0.39 is 18.9 Å². The van der Waals surface area contributed by atoms with E-state index in [1.54, 1.807) is 0 Å². The van der Waals surface area contributed by atoms with Crippen LogP contribution in [0.4, 0.5) is 0 Å². The lowest BCUT2D eigenvalue weighted by Crippen LogP contribution is -2.00. The maximum absolute atomic E-state index is 5.51. The van der Waals surface area contributed by atoms with Crippen molar-refractivity contribution in [1.82, 2.24) is 0 Å². The molecule has 0 aromatic carbocycles. The molecule has 0 aromatic heterocycles. The van der Waals surface area contributed by atoms with Crippen molar-refractivity contribution in [2.24, 2.45) is 0 Å². The molecular weight excluding hydrogens is 267 g/mol. The highest BCUT2D eigenvalue weighted by Crippen LogP contribution is 2.19. The SMILES string of the molecule is C=I1=CC=CC(OCC2CO2)=C1. The number of rotatable bonds is 3. The highest BCUT2D eigenvalue weighted by molar-refractivity contribution is 14.2. The fraction of sp³-hybridized carbons (Fsp3) is 0.333. The Hall–Kier alpha value is -0.290. The third kappa shape index (κ3) is 2.35. The Morgan fingerprint density at radius 3 is 3.25 bits per heavy atom. The normalized spacial score (nSPS) is 27.7. The van der Waals surface area contributed by atoms with E-state index >= 15 is 0 Å². The molecule has 2 rings (SSSR count). The first-order valence-corrected chi connectivity index (χ1v) is 7.80. The molecule has 1 unspecified atom stereocenters. The van der Waals surface area contributed by atoms with E-state index in [1.807, 2.05) is 12.2 Å². The van der Waals surface area contributed by atoms with Gasteiger partial charge in [0.2, 0.25) is 0 Å². The van der Waals surface area contributed by atoms with Crippen LogP contribution in [0.1, 0.15) is 0 Å². The molecule has 1 saturated heterocycles. The summed E-state index contributed by atoms with van der Waals surface area (Å²) in [6, 6.07) is 0. The van der Waals surface area contributed by atoms with Gasteiger partial charge in [0.25, 0.3) is 0 Å². The molecule has 0 amide bonds. The third-order valence-electron chi connectivity index (χ3n) is 1.58. The molecule has 0 saturated carbocycles. The maximum Gasteiger partial charge on any atom is 0.124 e. The number of halogens is 1. The van der Waals surface area contributed by atoms with E-state index in [1.165, 1.54) is 0 Å². The number of ether oxygens (including phenoxy) is 2. The van der Waals surface area contributed by atoms with Gasteiger partial charge in [-0.25, -0.2) is 0 Å². The van der Waals surface area contributed by atoms with Gasteiger partial charge in [-0.15, -0.1) is 18.9 Å². The molecule has 12 heavy (non-hydrogen) atoms. The zero-order valence-corrected chi connectivity index (χ0v) is 8.86. The molecule has 0 aliphatic carbocycles. The van der Waals surface area contributed by atoms with Gasteiger partial charge in [0.1, 0.15) is 18.5 Å². The molecule has 2 aliphatic heterocycles. The Bertz CT molecular complexity index is 304. The Morgan fingerprint density at radius 1 is 1.75 bits per heavy atom. The fourth-order valence-electron chi connectivity index (χ4n) is 0.869. The average Bonchev–Trinajstić information content (AvgIpc) is 2.84. The van der Waals surface area contributed by atoms with Crippen LogP contribution in [-0.2, 0) is 9.47 Å². The molecule has 1 atom stereocenters. The summed E-state index contributed by atoms with van der Waals surface area (Å²) < 4.78 is 18.9. The fourth-order valence-corrected chi connectivity index (χ4v) is 2.99. The van der Waals surface area contributed by atoms with Gasteiger partial charge in [0.15, 0.2) is 0 Å². The summed E-state index contributed by atoms with van der Waals surface area (Å²) in [5.74, 6) is 0.980. The standard InChI is InChI=1S/C9H11IO2/c1-10-4-2-3-8(5-10)11-6-9-7-12-9/h2-5,9H,1,6-7H2. The summed E-state index contributed by atoms with van der Waals surface area (Å²) >= 11 is -1.14. The minimum Gasteiger partial charge on any atom is -0.490 e. The van der Waals surface area contributed by atoms with Crippen LogP contribution in [0.15, 0.2) is 22.0 Å². The minimum atomic E-state index is -1.14. The predicted molar refractivity (Wildman–Crippen MR) is 60.1 cm³/mol. The summed E-state index contributed by atoms with van der Waals surface area (Å²) in [5, 5.41) is 0. The van der Waals surface area contributed by atoms with Crippen molar-refractivity contribution in [3.05, 3.63) is 22.0 Å². The van der Waals surface area contributed by atoms with E-state index in [9.17, 15) is 0 Å². The predicted octanol–water partition coefficient (Wildman–Crippen LogP) is 1.55. The van der Waals surface area contributed by atoms with Crippen LogP contribution in [0.2, 0.25) is 0 Å². The zero-order valence-electron chi connectivity index (χ0n) is 6.70. The highest BCUT2D eigenvalue weighted by Gasteiger charge is 2.23. The molecule has 3 heteroatoms. The molecule has 66 valence electrons. The van der Waals surface area contributed by atoms with Crippen LogP contribution < -0.4 is 0 Å². The first-order valence-electron chi connectivity index (χ1n) is 3.78. The first kappa shape index (κ1) is 8.31. The summed E-state index contributed by atoms with van der Waals surface area (Å²) in [4.78, 5) is 0. The summed E-state index contributed by atoms with van der Waals surface area (Å²) in [6.07, 6.45) is 4.37. The summed E-state index contributed by atoms with van der Waals surface area (Å²) in [6.45, 7) is 1.55. The van der Waals surface area contributed by atoms with E-state index in [4.69, 9.17) is 9.47 Å². The van der Waals surface area contributed by atoms with Gasteiger partial charge < -0.3 is 9.47 Å². The molecule has 2 nitrogen and oxygen atoms in total. The van der Waals surface area contributed by atoms with Gasteiger partial charge in [0, 0.05) is 4.08 Å². The number of hydrogen-bond donors (Lipinski definition) is 0. The smallest absolute Gasteiger partial charge is 0.124 e. The Kier molecular flexibility index (Phi) is 2.51. The van der Waals surface area contributed by atoms with E-state index in [0.29, 0.717) is 12.7 Å². The molecular formula is C9H11IO2. The second-order valence-electron chi connectivity index (χ2n) is 2.70. The molecule has 0 bridgehead atoms. The molecule has 0 spiro atoms. The van der Waals surface area contributed by atoms with Gasteiger partial charge in [0.05, 0.1) is 6.61 Å². The lowest BCUT2D eigenvalue weighted by molar-refractivity contribution is 0.194. The second kappa shape index (κ2) is 3.62. The van der Waals surface area contributed by atoms with Crippen LogP contribution in [0.3, 0.4) is 0 Å². The van der Waals surface area contributed by atoms with Crippen LogP contribution in [-0.4, -0.2) is 27.8 Å². The molecule has 0 aromatic rings. The molecule has 0 radical (unpaired) electrons. The molecule has 2 aliphatic rings. The van der Waals surface area contributed by atoms with E-state index in [-0.39, 0.29) is 0 Å². The zero-order chi connectivity index (χ0) is 8.39. The van der Waals surface area contributed by atoms with Crippen molar-refractivity contribution < 1.29 is 9.47 Å². The Morgan fingerprint density at radius 2 is 2.58 bits per heavy atom. The van der Waals surface area contributed by atoms with Crippen molar-refractivity contribution in [2.75, 3.05) is 13.2 Å². The van der Waals surface area contributed by atoms with Crippen LogP contribution in [0.5, 0.6) is 0 Å². The third-order valence-corrected chi connectivity index (χ3v) is 4.33. The summed E-state index contributed by atoms with van der Waals surface area (Å²) in [7, 11) is 0. The van der Waals surface area contributed by atoms with Crippen LogP contribution in [0, 0.1) is 0 Å². The average molecular weight is 278 g/mol. The largest absolute Gasteiger partial charge is 0.490 e. The Labute approximate surface area is 78.2 Å². The highest BCUT2D eigenvalue weighted by atomic mass is 127. The van der Waals surface area contributed by atoms with Crippen LogP contribution in [0.25, 0.3) is 0 Å². The quantitative estimate of drug-likeness (QED) is 0.577. The second-order valence-corrected chi connectivity index (χ2v) is 6.52. The first-order chi connectivity index (χ1) is 5.84. The Balaban J connectivity index is 1.91. The van der Waals surface area contributed by atoms with Crippen molar-refractivity contribution in [1.29, 1.82) is 0 Å². The summed E-state index contributed by atoms with van der Waals surface area (Å²) in [5.41, 5.74) is 0. The van der Waals surface area contributed by atoms with Gasteiger partial charge in [-0.1, -0.05) is 10.6 Å². The van der Waals surface area contributed by atoms with Gasteiger partial charge in [-0.05, 0) is 10.1 Å². The van der Waals surface area contributed by atoms with Gasteiger partial charge in [-0.2, -0.15) is 0 Å². The van der Waals surface area contributed by atoms with Crippen molar-refractivity contribution >= 4 is 27.4 Å². The van der Waals surface area contributed by atoms with Crippen molar-refractivity contribution in [3.8, 4) is 0 Å². The molecule has 2 heterocycles. The van der Waals surface area contributed by atoms with Crippen molar-refractivity contribution in [3.63, 3.8) is 0 Å². The number of epoxide rings is 1. The van der Waals surface area contributed by atoms with Crippen molar-refractivity contribution in [2.45, 2.75) is 6.10 Å².